The average Bonchev–Trinajstić information content (AvgIpc) is 2.36. The molecule has 1 heterocycles. The molecule has 106 valence electrons. The lowest BCUT2D eigenvalue weighted by molar-refractivity contribution is -0.385. The molecule has 0 saturated heterocycles. The number of rotatable bonds is 7. The molecule has 1 aromatic heterocycles. The first-order valence-corrected chi connectivity index (χ1v) is 6.37. The fraction of sp³-hybridized carbons (Fsp3) is 0.667. The molecule has 0 aliphatic heterocycles. The van der Waals surface area contributed by atoms with E-state index in [9.17, 15) is 10.1 Å². The topological polar surface area (TPSA) is 81.4 Å². The normalized spacial score (nSPS) is 10.3. The summed E-state index contributed by atoms with van der Waals surface area (Å²) in [5.74, 6) is 0.831. The quantitative estimate of drug-likeness (QED) is 0.557. The Kier molecular flexibility index (Phi) is 5.47. The fourth-order valence-corrected chi connectivity index (χ4v) is 1.91. The van der Waals surface area contributed by atoms with Crippen LogP contribution in [0.15, 0.2) is 0 Å². The van der Waals surface area contributed by atoms with Crippen LogP contribution in [0.2, 0.25) is 0 Å². The molecule has 0 aromatic carbocycles. The van der Waals surface area contributed by atoms with Gasteiger partial charge in [0, 0.05) is 13.1 Å². The molecule has 0 amide bonds. The molecule has 0 N–H and O–H groups in total. The molecule has 0 aliphatic carbocycles. The van der Waals surface area contributed by atoms with Gasteiger partial charge in [-0.1, -0.05) is 13.8 Å². The van der Waals surface area contributed by atoms with Crippen LogP contribution in [-0.2, 0) is 0 Å². The van der Waals surface area contributed by atoms with Gasteiger partial charge in [0.25, 0.3) is 5.88 Å². The van der Waals surface area contributed by atoms with Crippen molar-refractivity contribution in [3.05, 3.63) is 15.9 Å². The van der Waals surface area contributed by atoms with Crippen LogP contribution < -0.4 is 9.64 Å². The van der Waals surface area contributed by atoms with Gasteiger partial charge in [-0.2, -0.15) is 4.98 Å². The van der Waals surface area contributed by atoms with E-state index in [1.807, 2.05) is 18.7 Å². The van der Waals surface area contributed by atoms with Gasteiger partial charge >= 0.3 is 5.69 Å². The van der Waals surface area contributed by atoms with Crippen molar-refractivity contribution in [2.75, 3.05) is 25.1 Å². The van der Waals surface area contributed by atoms with E-state index in [-0.39, 0.29) is 11.6 Å². The number of ether oxygens (including phenoxy) is 1. The lowest BCUT2D eigenvalue weighted by Crippen LogP contribution is -2.27. The third-order valence-corrected chi connectivity index (χ3v) is 2.61. The Hall–Kier alpha value is -1.92. The Morgan fingerprint density at radius 1 is 1.26 bits per heavy atom. The zero-order chi connectivity index (χ0) is 14.4. The molecular formula is C12H20N4O3. The maximum atomic E-state index is 11.2. The first kappa shape index (κ1) is 15.1. The molecule has 0 radical (unpaired) electrons. The molecule has 1 aromatic rings. The van der Waals surface area contributed by atoms with Gasteiger partial charge in [0.05, 0.1) is 12.0 Å². The number of aromatic nitrogens is 2. The zero-order valence-electron chi connectivity index (χ0n) is 11.8. The summed E-state index contributed by atoms with van der Waals surface area (Å²) in [6.07, 6.45) is 1.78. The van der Waals surface area contributed by atoms with Crippen molar-refractivity contribution in [3.8, 4) is 5.88 Å². The van der Waals surface area contributed by atoms with E-state index in [0.29, 0.717) is 24.7 Å². The van der Waals surface area contributed by atoms with Gasteiger partial charge in [-0.05, 0) is 19.8 Å². The van der Waals surface area contributed by atoms with Crippen LogP contribution in [0.5, 0.6) is 5.88 Å². The second kappa shape index (κ2) is 6.86. The molecule has 7 heteroatoms. The smallest absolute Gasteiger partial charge is 0.372 e. The summed E-state index contributed by atoms with van der Waals surface area (Å²) in [7, 11) is 1.38. The van der Waals surface area contributed by atoms with Crippen LogP contribution >= 0.6 is 0 Å². The number of nitro groups is 1. The van der Waals surface area contributed by atoms with Crippen molar-refractivity contribution < 1.29 is 9.66 Å². The van der Waals surface area contributed by atoms with Crippen molar-refractivity contribution in [2.24, 2.45) is 0 Å². The fourth-order valence-electron chi connectivity index (χ4n) is 1.91. The second-order valence-corrected chi connectivity index (χ2v) is 4.20. The van der Waals surface area contributed by atoms with Gasteiger partial charge in [0.15, 0.2) is 0 Å². The van der Waals surface area contributed by atoms with E-state index in [4.69, 9.17) is 4.74 Å². The minimum Gasteiger partial charge on any atom is -0.476 e. The minimum atomic E-state index is -0.480. The largest absolute Gasteiger partial charge is 0.476 e. The first-order valence-electron chi connectivity index (χ1n) is 6.37. The highest BCUT2D eigenvalue weighted by Gasteiger charge is 2.28. The Morgan fingerprint density at radius 3 is 2.26 bits per heavy atom. The number of methoxy groups -OCH3 is 1. The molecule has 0 fully saturated rings. The van der Waals surface area contributed by atoms with Crippen LogP contribution in [0.25, 0.3) is 0 Å². The van der Waals surface area contributed by atoms with Gasteiger partial charge < -0.3 is 9.64 Å². The average molecular weight is 268 g/mol. The molecule has 0 aliphatic rings. The highest BCUT2D eigenvalue weighted by molar-refractivity contribution is 5.63. The monoisotopic (exact) mass is 268 g/mol. The summed E-state index contributed by atoms with van der Waals surface area (Å²) >= 11 is 0. The number of anilines is 1. The van der Waals surface area contributed by atoms with E-state index in [0.717, 1.165) is 12.8 Å². The highest BCUT2D eigenvalue weighted by atomic mass is 16.6. The van der Waals surface area contributed by atoms with E-state index in [1.54, 1.807) is 6.92 Å². The van der Waals surface area contributed by atoms with E-state index in [2.05, 4.69) is 9.97 Å². The van der Waals surface area contributed by atoms with Crippen molar-refractivity contribution in [1.82, 2.24) is 9.97 Å². The first-order chi connectivity index (χ1) is 9.04. The maximum absolute atomic E-state index is 11.2. The van der Waals surface area contributed by atoms with Gasteiger partial charge in [0.2, 0.25) is 5.82 Å². The molecule has 1 rings (SSSR count). The van der Waals surface area contributed by atoms with Gasteiger partial charge in [0.1, 0.15) is 5.82 Å². The van der Waals surface area contributed by atoms with E-state index < -0.39 is 4.92 Å². The Morgan fingerprint density at radius 2 is 1.84 bits per heavy atom. The summed E-state index contributed by atoms with van der Waals surface area (Å²) in [6, 6.07) is 0. The molecule has 19 heavy (non-hydrogen) atoms. The van der Waals surface area contributed by atoms with E-state index in [1.165, 1.54) is 7.11 Å². The Bertz CT molecular complexity index is 445. The number of aryl methyl sites for hydroxylation is 1. The van der Waals surface area contributed by atoms with Crippen molar-refractivity contribution >= 4 is 11.5 Å². The lowest BCUT2D eigenvalue weighted by Gasteiger charge is -2.22. The molecule has 0 atom stereocenters. The molecule has 7 nitrogen and oxygen atoms in total. The lowest BCUT2D eigenvalue weighted by atomic mass is 10.3. The molecule has 0 unspecified atom stereocenters. The second-order valence-electron chi connectivity index (χ2n) is 4.20. The summed E-state index contributed by atoms with van der Waals surface area (Å²) in [6.45, 7) is 7.19. The predicted molar refractivity (Wildman–Crippen MR) is 72.8 cm³/mol. The van der Waals surface area contributed by atoms with Crippen molar-refractivity contribution in [2.45, 2.75) is 33.6 Å². The highest BCUT2D eigenvalue weighted by Crippen LogP contribution is 2.34. The van der Waals surface area contributed by atoms with Crippen LogP contribution in [0, 0.1) is 17.0 Å². The Balaban J connectivity index is 3.36. The molecule has 0 saturated carbocycles. The predicted octanol–water partition coefficient (Wildman–Crippen LogP) is 2.33. The van der Waals surface area contributed by atoms with Crippen molar-refractivity contribution in [1.29, 1.82) is 0 Å². The van der Waals surface area contributed by atoms with Crippen molar-refractivity contribution in [3.63, 3.8) is 0 Å². The third-order valence-electron chi connectivity index (χ3n) is 2.61. The zero-order valence-corrected chi connectivity index (χ0v) is 11.8. The van der Waals surface area contributed by atoms with E-state index >= 15 is 0 Å². The Labute approximate surface area is 112 Å². The third kappa shape index (κ3) is 3.52. The van der Waals surface area contributed by atoms with Crippen LogP contribution in [-0.4, -0.2) is 35.1 Å². The van der Waals surface area contributed by atoms with Crippen LogP contribution in [0.4, 0.5) is 11.5 Å². The SMILES string of the molecule is CCCN(CCC)c1nc(C)nc(OC)c1[N+](=O)[O-]. The summed E-state index contributed by atoms with van der Waals surface area (Å²) in [5, 5.41) is 11.2. The van der Waals surface area contributed by atoms with Gasteiger partial charge in [-0.25, -0.2) is 4.98 Å². The molecule has 0 bridgehead atoms. The van der Waals surface area contributed by atoms with Crippen LogP contribution in [0.3, 0.4) is 0 Å². The minimum absolute atomic E-state index is 0.0182. The standard InChI is InChI=1S/C12H20N4O3/c1-5-7-15(8-6-2)11-10(16(17)18)12(19-4)14-9(3)13-11/h5-8H2,1-4H3. The number of hydrogen-bond donors (Lipinski definition) is 0. The summed E-state index contributed by atoms with van der Waals surface area (Å²) in [4.78, 5) is 20.9. The molecule has 0 spiro atoms. The maximum Gasteiger partial charge on any atom is 0.372 e. The summed E-state index contributed by atoms with van der Waals surface area (Å²) < 4.78 is 5.02. The van der Waals surface area contributed by atoms with Gasteiger partial charge in [-0.3, -0.25) is 10.1 Å². The number of nitrogens with zero attached hydrogens (tertiary/aromatic N) is 4. The van der Waals surface area contributed by atoms with Gasteiger partial charge in [-0.15, -0.1) is 0 Å². The molecular weight excluding hydrogens is 248 g/mol. The van der Waals surface area contributed by atoms with Crippen LogP contribution in [0.1, 0.15) is 32.5 Å². The summed E-state index contributed by atoms with van der Waals surface area (Å²) in [5.41, 5.74) is -0.157. The number of hydrogen-bond acceptors (Lipinski definition) is 6.